The fourth-order valence-electron chi connectivity index (χ4n) is 10.4. The summed E-state index contributed by atoms with van der Waals surface area (Å²) in [7, 11) is 0. The second-order valence-electron chi connectivity index (χ2n) is 17.3. The number of carbonyl (C=O) groups excluding carboxylic acids is 3. The van der Waals surface area contributed by atoms with Gasteiger partial charge in [-0.1, -0.05) is 18.2 Å². The molecule has 5 heterocycles. The molecule has 0 unspecified atom stereocenters. The highest BCUT2D eigenvalue weighted by molar-refractivity contribution is 6.06. The summed E-state index contributed by atoms with van der Waals surface area (Å²) in [6, 6.07) is 20.1. The molecule has 2 N–H and O–H groups in total. The Kier molecular flexibility index (Phi) is 10.2. The van der Waals surface area contributed by atoms with Gasteiger partial charge in [0, 0.05) is 81.3 Å². The number of piperazine rings is 1. The molecule has 0 bridgehead atoms. The number of allylic oxidation sites excluding steroid dienone is 1. The molecule has 61 heavy (non-hydrogen) atoms. The molecule has 10 rings (SSSR count). The van der Waals surface area contributed by atoms with Crippen molar-refractivity contribution in [1.82, 2.24) is 25.3 Å². The maximum absolute atomic E-state index is 15.7. The predicted molar refractivity (Wildman–Crippen MR) is 229 cm³/mol. The Morgan fingerprint density at radius 2 is 1.48 bits per heavy atom. The van der Waals surface area contributed by atoms with E-state index in [9.17, 15) is 18.8 Å². The van der Waals surface area contributed by atoms with Crippen molar-refractivity contribution in [3.8, 4) is 0 Å². The van der Waals surface area contributed by atoms with Gasteiger partial charge in [-0.25, -0.2) is 8.78 Å². The molecule has 5 aliphatic rings. The number of piperidine rings is 2. The van der Waals surface area contributed by atoms with Crippen molar-refractivity contribution in [2.45, 2.75) is 64.5 Å². The Hall–Kier alpha value is -5.95. The standard InChI is InChI=1S/C48H48F3N7O3/c1-28-23-40(50)38(25-39(28)49)36-4-2-3-35-37(11-12-41-45(35)46(51)54-53-41)44(36)30-5-7-32(8-6-30)56-17-15-29(16-18-56)26-55-19-21-57(22-20-55)33-9-10-34-31(24-33)27-58(48(34)61)42-13-14-43(59)52-47(42)60/h5-12,23-25,29,42H,2-4,13-22,26-27H2,1H3,(H,53,54)(H,52,59,60)/t42-/m0/s1. The van der Waals surface area contributed by atoms with Crippen LogP contribution in [0.25, 0.3) is 22.0 Å². The van der Waals surface area contributed by atoms with E-state index >= 15 is 8.78 Å². The smallest absolute Gasteiger partial charge is 0.255 e. The summed E-state index contributed by atoms with van der Waals surface area (Å²) in [5.41, 5.74) is 8.92. The third-order valence-electron chi connectivity index (χ3n) is 13.7. The van der Waals surface area contributed by atoms with E-state index in [1.807, 2.05) is 24.3 Å². The first-order valence-electron chi connectivity index (χ1n) is 21.5. The fourth-order valence-corrected chi connectivity index (χ4v) is 10.4. The van der Waals surface area contributed by atoms with Crippen molar-refractivity contribution in [2.75, 3.05) is 55.6 Å². The van der Waals surface area contributed by atoms with Crippen molar-refractivity contribution < 1.29 is 27.6 Å². The fraction of sp³-hybridized carbons (Fsp3) is 0.375. The topological polar surface area (TPSA) is 105 Å². The average Bonchev–Trinajstić information content (AvgIpc) is 3.73. The zero-order valence-electron chi connectivity index (χ0n) is 34.2. The quantitative estimate of drug-likeness (QED) is 0.165. The maximum atomic E-state index is 15.7. The number of nitrogens with zero attached hydrogens (tertiary/aromatic N) is 5. The Morgan fingerprint density at radius 3 is 2.25 bits per heavy atom. The van der Waals surface area contributed by atoms with Crippen molar-refractivity contribution in [2.24, 2.45) is 5.92 Å². The van der Waals surface area contributed by atoms with Gasteiger partial charge in [-0.15, -0.1) is 5.10 Å². The molecule has 10 nitrogen and oxygen atoms in total. The first-order chi connectivity index (χ1) is 29.6. The molecule has 13 heteroatoms. The van der Waals surface area contributed by atoms with Gasteiger partial charge in [0.2, 0.25) is 17.8 Å². The van der Waals surface area contributed by atoms with E-state index in [0.717, 1.165) is 103 Å². The molecule has 4 aliphatic heterocycles. The van der Waals surface area contributed by atoms with Crippen LogP contribution >= 0.6 is 0 Å². The largest absolute Gasteiger partial charge is 0.372 e. The number of aryl methyl sites for hydroxylation is 2. The minimum absolute atomic E-state index is 0.151. The van der Waals surface area contributed by atoms with Crippen molar-refractivity contribution in [1.29, 1.82) is 0 Å². The first-order valence-corrected chi connectivity index (χ1v) is 21.5. The van der Waals surface area contributed by atoms with Crippen LogP contribution in [0.1, 0.15) is 82.3 Å². The monoisotopic (exact) mass is 827 g/mol. The summed E-state index contributed by atoms with van der Waals surface area (Å²) in [4.78, 5) is 46.3. The van der Waals surface area contributed by atoms with E-state index in [1.165, 1.54) is 12.1 Å². The van der Waals surface area contributed by atoms with Crippen LogP contribution in [0.15, 0.2) is 66.7 Å². The molecule has 314 valence electrons. The van der Waals surface area contributed by atoms with E-state index in [0.29, 0.717) is 54.6 Å². The molecule has 3 fully saturated rings. The van der Waals surface area contributed by atoms with Gasteiger partial charge >= 0.3 is 0 Å². The van der Waals surface area contributed by atoms with E-state index in [2.05, 4.69) is 60.5 Å². The van der Waals surface area contributed by atoms with Crippen LogP contribution in [-0.4, -0.2) is 89.6 Å². The molecular formula is C48H48F3N7O3. The second-order valence-corrected chi connectivity index (χ2v) is 17.3. The highest BCUT2D eigenvalue weighted by Crippen LogP contribution is 2.43. The number of aromatic amines is 1. The van der Waals surface area contributed by atoms with Crippen LogP contribution in [0.3, 0.4) is 0 Å². The van der Waals surface area contributed by atoms with Gasteiger partial charge in [-0.05, 0) is 139 Å². The Morgan fingerprint density at radius 1 is 0.738 bits per heavy atom. The number of nitrogens with one attached hydrogen (secondary N) is 2. The van der Waals surface area contributed by atoms with Crippen LogP contribution in [0.5, 0.6) is 0 Å². The molecule has 1 aliphatic carbocycles. The van der Waals surface area contributed by atoms with E-state index in [4.69, 9.17) is 0 Å². The van der Waals surface area contributed by atoms with Gasteiger partial charge in [-0.2, -0.15) is 4.39 Å². The first kappa shape index (κ1) is 39.2. The van der Waals surface area contributed by atoms with Gasteiger partial charge in [0.15, 0.2) is 0 Å². The summed E-state index contributed by atoms with van der Waals surface area (Å²) < 4.78 is 45.7. The summed E-state index contributed by atoms with van der Waals surface area (Å²) >= 11 is 0. The zero-order chi connectivity index (χ0) is 41.9. The molecule has 1 atom stereocenters. The number of hydrogen-bond acceptors (Lipinski definition) is 7. The van der Waals surface area contributed by atoms with Crippen LogP contribution in [0, 0.1) is 30.4 Å². The molecule has 1 aromatic heterocycles. The van der Waals surface area contributed by atoms with Crippen LogP contribution in [0.2, 0.25) is 0 Å². The molecule has 3 amide bonds. The van der Waals surface area contributed by atoms with Crippen LogP contribution < -0.4 is 15.1 Å². The third-order valence-corrected chi connectivity index (χ3v) is 13.7. The van der Waals surface area contributed by atoms with E-state index in [1.54, 1.807) is 11.8 Å². The number of aromatic nitrogens is 2. The summed E-state index contributed by atoms with van der Waals surface area (Å²) in [6.07, 6.45) is 4.50. The second kappa shape index (κ2) is 15.8. The maximum Gasteiger partial charge on any atom is 0.255 e. The normalized spacial score (nSPS) is 20.4. The summed E-state index contributed by atoms with van der Waals surface area (Å²) in [5, 5.41) is 9.45. The average molecular weight is 828 g/mol. The van der Waals surface area contributed by atoms with Crippen molar-refractivity contribution >= 4 is 51.1 Å². The number of fused-ring (bicyclic) bond motifs is 4. The number of benzene rings is 4. The molecule has 0 spiro atoms. The molecule has 0 saturated carbocycles. The number of hydrogen-bond donors (Lipinski definition) is 2. The minimum Gasteiger partial charge on any atom is -0.372 e. The number of anilines is 2. The predicted octanol–water partition coefficient (Wildman–Crippen LogP) is 7.38. The lowest BCUT2D eigenvalue weighted by Crippen LogP contribution is -2.52. The molecule has 3 saturated heterocycles. The minimum atomic E-state index is -0.616. The Labute approximate surface area is 352 Å². The molecule has 0 radical (unpaired) electrons. The SMILES string of the molecule is Cc1cc(F)c(C2=C(c3ccc(N4CCC(CN5CCN(c6ccc7c(c6)CN([C@H]6CCC(=O)NC6=O)C7=O)CC5)CC4)cc3)c3ccc4[nH]nc(F)c4c3CCC2)cc1F. The van der Waals surface area contributed by atoms with Gasteiger partial charge in [0.1, 0.15) is 17.7 Å². The van der Waals surface area contributed by atoms with Crippen molar-refractivity contribution in [3.63, 3.8) is 0 Å². The Balaban J connectivity index is 0.787. The Bertz CT molecular complexity index is 2610. The van der Waals surface area contributed by atoms with E-state index < -0.39 is 29.5 Å². The number of H-pyrrole nitrogens is 1. The van der Waals surface area contributed by atoms with E-state index in [-0.39, 0.29) is 29.4 Å². The number of rotatable bonds is 7. The highest BCUT2D eigenvalue weighted by atomic mass is 19.1. The number of halogens is 3. The highest BCUT2D eigenvalue weighted by Gasteiger charge is 2.39. The van der Waals surface area contributed by atoms with Crippen molar-refractivity contribution in [3.05, 3.63) is 123 Å². The lowest BCUT2D eigenvalue weighted by molar-refractivity contribution is -0.136. The number of imide groups is 1. The van der Waals surface area contributed by atoms with Crippen LogP contribution in [-0.2, 0) is 22.6 Å². The third kappa shape index (κ3) is 7.26. The molecular weight excluding hydrogens is 780 g/mol. The lowest BCUT2D eigenvalue weighted by atomic mass is 9.86. The summed E-state index contributed by atoms with van der Waals surface area (Å²) in [6.45, 7) is 8.57. The lowest BCUT2D eigenvalue weighted by Gasteiger charge is -2.40. The molecule has 5 aromatic rings. The number of amides is 3. The summed E-state index contributed by atoms with van der Waals surface area (Å²) in [5.74, 6) is -1.72. The van der Waals surface area contributed by atoms with Gasteiger partial charge in [0.05, 0.1) is 10.9 Å². The number of carbonyl (C=O) groups is 3. The van der Waals surface area contributed by atoms with Gasteiger partial charge in [0.25, 0.3) is 5.91 Å². The molecule has 4 aromatic carbocycles. The zero-order valence-corrected chi connectivity index (χ0v) is 34.2. The van der Waals surface area contributed by atoms with Gasteiger partial charge in [-0.3, -0.25) is 29.7 Å². The van der Waals surface area contributed by atoms with Crippen LogP contribution in [0.4, 0.5) is 24.5 Å². The van der Waals surface area contributed by atoms with Gasteiger partial charge < -0.3 is 14.7 Å².